The van der Waals surface area contributed by atoms with Crippen molar-refractivity contribution in [2.75, 3.05) is 14.2 Å². The lowest BCUT2D eigenvalue weighted by molar-refractivity contribution is 0.379. The van der Waals surface area contributed by atoms with Crippen molar-refractivity contribution in [3.8, 4) is 34.7 Å². The van der Waals surface area contributed by atoms with Gasteiger partial charge in [0.1, 0.15) is 23.1 Å². The van der Waals surface area contributed by atoms with Crippen molar-refractivity contribution in [1.29, 1.82) is 5.26 Å². The first-order valence-corrected chi connectivity index (χ1v) is 9.08. The molecule has 1 aliphatic heterocycles. The van der Waals surface area contributed by atoms with E-state index in [1.54, 1.807) is 38.5 Å². The molecule has 146 valence electrons. The van der Waals surface area contributed by atoms with Crippen molar-refractivity contribution < 1.29 is 14.2 Å². The number of allylic oxidation sites excluding steroid dienone is 1. The number of fused-ring (bicyclic) bond motifs is 1. The number of nitrogens with two attached hydrogens (primary N) is 1. The Morgan fingerprint density at radius 3 is 2.72 bits per heavy atom. The van der Waals surface area contributed by atoms with Crippen LogP contribution in [0.3, 0.4) is 0 Å². The van der Waals surface area contributed by atoms with Crippen molar-refractivity contribution in [2.24, 2.45) is 5.73 Å². The molecule has 8 heteroatoms. The second kappa shape index (κ2) is 7.41. The number of nitriles is 1. The summed E-state index contributed by atoms with van der Waals surface area (Å²) in [6.07, 6.45) is 0. The lowest BCUT2D eigenvalue weighted by Crippen LogP contribution is -2.21. The number of methoxy groups -OCH3 is 2. The van der Waals surface area contributed by atoms with Gasteiger partial charge in [-0.25, -0.2) is 0 Å². The highest BCUT2D eigenvalue weighted by Gasteiger charge is 2.36. The Kier molecular flexibility index (Phi) is 4.79. The van der Waals surface area contributed by atoms with E-state index in [-0.39, 0.29) is 11.5 Å². The van der Waals surface area contributed by atoms with Gasteiger partial charge < -0.3 is 19.9 Å². The van der Waals surface area contributed by atoms with Crippen LogP contribution in [0.5, 0.6) is 17.4 Å². The van der Waals surface area contributed by atoms with Crippen LogP contribution in [-0.2, 0) is 0 Å². The van der Waals surface area contributed by atoms with Crippen molar-refractivity contribution in [3.05, 3.63) is 70.1 Å². The summed E-state index contributed by atoms with van der Waals surface area (Å²) in [7, 11) is 3.17. The highest BCUT2D eigenvalue weighted by molar-refractivity contribution is 6.30. The van der Waals surface area contributed by atoms with Crippen LogP contribution in [0.1, 0.15) is 17.0 Å². The Balaban J connectivity index is 1.98. The molecule has 1 unspecified atom stereocenters. The molecular weight excluding hydrogens is 392 g/mol. The summed E-state index contributed by atoms with van der Waals surface area (Å²) in [5.41, 5.74) is 9.13. The van der Waals surface area contributed by atoms with E-state index in [0.717, 1.165) is 5.56 Å². The summed E-state index contributed by atoms with van der Waals surface area (Å²) in [4.78, 5) is 0. The fraction of sp³-hybridized carbons (Fsp3) is 0.143. The van der Waals surface area contributed by atoms with Crippen molar-refractivity contribution in [3.63, 3.8) is 0 Å². The minimum Gasteiger partial charge on any atom is -0.497 e. The van der Waals surface area contributed by atoms with Crippen LogP contribution >= 0.6 is 11.6 Å². The first-order valence-electron chi connectivity index (χ1n) is 8.71. The van der Waals surface area contributed by atoms with Crippen LogP contribution in [0.4, 0.5) is 0 Å². The second-order valence-electron chi connectivity index (χ2n) is 6.36. The number of aromatic nitrogens is 2. The number of benzene rings is 2. The monoisotopic (exact) mass is 408 g/mol. The second-order valence-corrected chi connectivity index (χ2v) is 6.80. The summed E-state index contributed by atoms with van der Waals surface area (Å²) in [5.74, 6) is 1.07. The number of rotatable bonds is 4. The smallest absolute Gasteiger partial charge is 0.244 e. The molecule has 2 heterocycles. The van der Waals surface area contributed by atoms with Gasteiger partial charge in [-0.2, -0.15) is 5.26 Å². The van der Waals surface area contributed by atoms with Gasteiger partial charge in [0.25, 0.3) is 0 Å². The summed E-state index contributed by atoms with van der Waals surface area (Å²) in [5, 5.41) is 17.6. The molecule has 0 amide bonds. The normalized spacial score (nSPS) is 15.3. The molecule has 2 aromatic carbocycles. The fourth-order valence-electron chi connectivity index (χ4n) is 3.48. The number of ether oxygens (including phenoxy) is 3. The van der Waals surface area contributed by atoms with Gasteiger partial charge in [-0.05, 0) is 35.9 Å². The van der Waals surface area contributed by atoms with Crippen molar-refractivity contribution in [2.45, 2.75) is 5.92 Å². The molecule has 0 fully saturated rings. The Labute approximate surface area is 172 Å². The molecule has 1 aliphatic rings. The van der Waals surface area contributed by atoms with Crippen molar-refractivity contribution >= 4 is 11.6 Å². The van der Waals surface area contributed by atoms with E-state index < -0.39 is 5.92 Å². The molecular formula is C21H17ClN4O3. The SMILES string of the molecule is COc1ccc(OC)c(-c2[nH]nc3c2C(c2cccc(Cl)c2)C(C#N)=C(N)O3)c1. The quantitative estimate of drug-likeness (QED) is 0.676. The van der Waals surface area contributed by atoms with E-state index in [4.69, 9.17) is 31.5 Å². The molecule has 0 saturated carbocycles. The number of hydrogen-bond donors (Lipinski definition) is 2. The van der Waals surface area contributed by atoms with E-state index in [0.29, 0.717) is 39.2 Å². The van der Waals surface area contributed by atoms with Gasteiger partial charge in [0.05, 0.1) is 31.4 Å². The average molecular weight is 409 g/mol. The third-order valence-corrected chi connectivity index (χ3v) is 5.03. The van der Waals surface area contributed by atoms with Gasteiger partial charge in [-0.15, -0.1) is 5.10 Å². The van der Waals surface area contributed by atoms with Crippen LogP contribution in [-0.4, -0.2) is 24.4 Å². The number of halogens is 1. The zero-order chi connectivity index (χ0) is 20.5. The summed E-state index contributed by atoms with van der Waals surface area (Å²) in [6.45, 7) is 0. The highest BCUT2D eigenvalue weighted by Crippen LogP contribution is 2.47. The average Bonchev–Trinajstić information content (AvgIpc) is 3.15. The molecule has 29 heavy (non-hydrogen) atoms. The number of hydrogen-bond acceptors (Lipinski definition) is 6. The van der Waals surface area contributed by atoms with Gasteiger partial charge in [-0.1, -0.05) is 23.7 Å². The molecule has 0 bridgehead atoms. The van der Waals surface area contributed by atoms with Crippen LogP contribution < -0.4 is 19.9 Å². The molecule has 0 saturated heterocycles. The van der Waals surface area contributed by atoms with Crippen LogP contribution in [0, 0.1) is 11.3 Å². The Bertz CT molecular complexity index is 1160. The largest absolute Gasteiger partial charge is 0.497 e. The number of aromatic amines is 1. The standard InChI is InChI=1S/C21H17ClN4O3/c1-27-13-6-7-16(28-2)14(9-13)19-18-17(11-4-3-5-12(22)8-11)15(10-23)20(24)29-21(18)26-25-19/h3-9,17H,24H2,1-2H3,(H,25,26). The van der Waals surface area contributed by atoms with E-state index in [1.165, 1.54) is 0 Å². The summed E-state index contributed by atoms with van der Waals surface area (Å²) >= 11 is 6.21. The fourth-order valence-corrected chi connectivity index (χ4v) is 3.68. The molecule has 1 atom stereocenters. The van der Waals surface area contributed by atoms with E-state index in [9.17, 15) is 5.26 Å². The molecule has 7 nitrogen and oxygen atoms in total. The van der Waals surface area contributed by atoms with Gasteiger partial charge in [-0.3, -0.25) is 5.10 Å². The van der Waals surface area contributed by atoms with Crippen LogP contribution in [0.2, 0.25) is 5.02 Å². The van der Waals surface area contributed by atoms with Gasteiger partial charge in [0.2, 0.25) is 11.8 Å². The number of nitrogens with one attached hydrogen (secondary N) is 1. The number of nitrogens with zero attached hydrogens (tertiary/aromatic N) is 2. The molecule has 3 aromatic rings. The molecule has 1 aromatic heterocycles. The van der Waals surface area contributed by atoms with Gasteiger partial charge in [0.15, 0.2) is 0 Å². The lowest BCUT2D eigenvalue weighted by Gasteiger charge is -2.24. The summed E-state index contributed by atoms with van der Waals surface area (Å²) < 4.78 is 16.5. The van der Waals surface area contributed by atoms with Crippen LogP contribution in [0.15, 0.2) is 53.9 Å². The third kappa shape index (κ3) is 3.13. The van der Waals surface area contributed by atoms with E-state index in [2.05, 4.69) is 16.3 Å². The maximum atomic E-state index is 9.79. The topological polar surface area (TPSA) is 106 Å². The molecule has 0 spiro atoms. The van der Waals surface area contributed by atoms with E-state index >= 15 is 0 Å². The third-order valence-electron chi connectivity index (χ3n) is 4.80. The molecule has 0 aliphatic carbocycles. The number of H-pyrrole nitrogens is 1. The van der Waals surface area contributed by atoms with E-state index in [1.807, 2.05) is 18.2 Å². The van der Waals surface area contributed by atoms with Gasteiger partial charge in [0, 0.05) is 10.6 Å². The predicted octanol–water partition coefficient (Wildman–Crippen LogP) is 3.97. The zero-order valence-electron chi connectivity index (χ0n) is 15.7. The maximum absolute atomic E-state index is 9.79. The first-order chi connectivity index (χ1) is 14.1. The predicted molar refractivity (Wildman–Crippen MR) is 108 cm³/mol. The zero-order valence-corrected chi connectivity index (χ0v) is 16.4. The summed E-state index contributed by atoms with van der Waals surface area (Å²) in [6, 6.07) is 14.9. The Morgan fingerprint density at radius 2 is 2.03 bits per heavy atom. The van der Waals surface area contributed by atoms with Crippen LogP contribution in [0.25, 0.3) is 11.3 Å². The maximum Gasteiger partial charge on any atom is 0.244 e. The highest BCUT2D eigenvalue weighted by atomic mass is 35.5. The van der Waals surface area contributed by atoms with Crippen molar-refractivity contribution in [1.82, 2.24) is 10.2 Å². The minimum absolute atomic E-state index is 0.0145. The minimum atomic E-state index is -0.507. The Hall–Kier alpha value is -3.63. The molecule has 4 rings (SSSR count). The first kappa shape index (κ1) is 18.7. The molecule has 0 radical (unpaired) electrons. The van der Waals surface area contributed by atoms with Gasteiger partial charge >= 0.3 is 0 Å². The lowest BCUT2D eigenvalue weighted by atomic mass is 9.83. The Morgan fingerprint density at radius 1 is 1.21 bits per heavy atom. The molecule has 3 N–H and O–H groups in total.